The van der Waals surface area contributed by atoms with Gasteiger partial charge in [0.15, 0.2) is 4.80 Å². The van der Waals surface area contributed by atoms with Gasteiger partial charge in [0, 0.05) is 5.02 Å². The quantitative estimate of drug-likeness (QED) is 0.623. The molecule has 0 spiro atoms. The first kappa shape index (κ1) is 19.3. The molecule has 0 fully saturated rings. The number of carbonyl (C=O) groups excluding carboxylic acids is 2. The molecule has 1 heterocycles. The Morgan fingerprint density at radius 3 is 2.48 bits per heavy atom. The third kappa shape index (κ3) is 4.46. The summed E-state index contributed by atoms with van der Waals surface area (Å²) in [4.78, 5) is 29.1. The molecule has 0 unspecified atom stereocenters. The maximum atomic E-state index is 12.5. The minimum absolute atomic E-state index is 0.00601. The number of benzene rings is 2. The predicted octanol–water partition coefficient (Wildman–Crippen LogP) is 3.82. The monoisotopic (exact) mass is 402 g/mol. The molecule has 5 nitrogen and oxygen atoms in total. The Hall–Kier alpha value is -2.44. The molecule has 27 heavy (non-hydrogen) atoms. The van der Waals surface area contributed by atoms with Crippen LogP contribution in [0.15, 0.2) is 41.4 Å². The highest BCUT2D eigenvalue weighted by molar-refractivity contribution is 7.16. The average Bonchev–Trinajstić information content (AvgIpc) is 2.93. The fourth-order valence-corrected chi connectivity index (χ4v) is 3.93. The smallest absolute Gasteiger partial charge is 0.325 e. The minimum atomic E-state index is -0.389. The maximum absolute atomic E-state index is 12.5. The third-order valence-corrected chi connectivity index (χ3v) is 5.60. The van der Waals surface area contributed by atoms with E-state index >= 15 is 0 Å². The fourth-order valence-electron chi connectivity index (χ4n) is 2.68. The second kappa shape index (κ2) is 8.06. The Morgan fingerprint density at radius 2 is 1.81 bits per heavy atom. The van der Waals surface area contributed by atoms with Crippen LogP contribution in [0.2, 0.25) is 5.02 Å². The number of esters is 1. The van der Waals surface area contributed by atoms with Crippen LogP contribution in [0, 0.1) is 13.8 Å². The minimum Gasteiger partial charge on any atom is -0.468 e. The summed E-state index contributed by atoms with van der Waals surface area (Å²) in [7, 11) is 1.34. The summed E-state index contributed by atoms with van der Waals surface area (Å²) < 4.78 is 7.51. The van der Waals surface area contributed by atoms with Gasteiger partial charge in [-0.1, -0.05) is 35.1 Å². The Bertz CT molecular complexity index is 1080. The van der Waals surface area contributed by atoms with Gasteiger partial charge in [0.05, 0.1) is 23.7 Å². The van der Waals surface area contributed by atoms with E-state index in [1.807, 2.05) is 26.0 Å². The van der Waals surface area contributed by atoms with E-state index < -0.39 is 0 Å². The van der Waals surface area contributed by atoms with Gasteiger partial charge in [-0.2, -0.15) is 4.99 Å². The van der Waals surface area contributed by atoms with Crippen LogP contribution in [0.5, 0.6) is 0 Å². The highest BCUT2D eigenvalue weighted by Crippen LogP contribution is 2.22. The molecule has 2 aromatic carbocycles. The average molecular weight is 403 g/mol. The third-order valence-electron chi connectivity index (χ3n) is 4.30. The van der Waals surface area contributed by atoms with Crippen molar-refractivity contribution in [3.63, 3.8) is 0 Å². The lowest BCUT2D eigenvalue weighted by Gasteiger charge is -2.05. The lowest BCUT2D eigenvalue weighted by molar-refractivity contribution is -0.141. The van der Waals surface area contributed by atoms with Gasteiger partial charge in [-0.05, 0) is 54.8 Å². The number of nitrogens with zero attached hydrogens (tertiary/aromatic N) is 2. The molecule has 1 aromatic heterocycles. The number of carbonyl (C=O) groups is 2. The molecule has 3 aromatic rings. The van der Waals surface area contributed by atoms with Gasteiger partial charge in [0.1, 0.15) is 6.54 Å². The molecule has 0 saturated heterocycles. The highest BCUT2D eigenvalue weighted by Gasteiger charge is 2.13. The van der Waals surface area contributed by atoms with Gasteiger partial charge in [-0.3, -0.25) is 9.59 Å². The number of halogens is 1. The zero-order chi connectivity index (χ0) is 19.6. The number of amides is 1. The van der Waals surface area contributed by atoms with E-state index in [1.54, 1.807) is 28.8 Å². The molecule has 0 saturated carbocycles. The van der Waals surface area contributed by atoms with Crippen LogP contribution in [-0.4, -0.2) is 23.6 Å². The van der Waals surface area contributed by atoms with Crippen molar-refractivity contribution in [1.29, 1.82) is 0 Å². The van der Waals surface area contributed by atoms with Crippen LogP contribution in [-0.2, 0) is 27.3 Å². The number of aryl methyl sites for hydroxylation is 2. The van der Waals surface area contributed by atoms with Crippen molar-refractivity contribution in [3.8, 4) is 0 Å². The van der Waals surface area contributed by atoms with Crippen molar-refractivity contribution < 1.29 is 14.3 Å². The number of hydrogen-bond donors (Lipinski definition) is 0. The number of hydrogen-bond acceptors (Lipinski definition) is 4. The van der Waals surface area contributed by atoms with Gasteiger partial charge in [-0.25, -0.2) is 0 Å². The van der Waals surface area contributed by atoms with E-state index in [0.29, 0.717) is 9.82 Å². The van der Waals surface area contributed by atoms with Crippen molar-refractivity contribution in [2.45, 2.75) is 26.8 Å². The van der Waals surface area contributed by atoms with E-state index in [1.165, 1.54) is 18.4 Å². The number of thiazole rings is 1. The van der Waals surface area contributed by atoms with Gasteiger partial charge in [-0.15, -0.1) is 0 Å². The predicted molar refractivity (Wildman–Crippen MR) is 107 cm³/mol. The van der Waals surface area contributed by atoms with Crippen molar-refractivity contribution in [2.24, 2.45) is 4.99 Å². The zero-order valence-electron chi connectivity index (χ0n) is 15.3. The molecule has 0 aliphatic carbocycles. The zero-order valence-corrected chi connectivity index (χ0v) is 16.9. The van der Waals surface area contributed by atoms with Crippen LogP contribution in [0.1, 0.15) is 16.7 Å². The van der Waals surface area contributed by atoms with Gasteiger partial charge >= 0.3 is 5.97 Å². The van der Waals surface area contributed by atoms with Crippen molar-refractivity contribution in [1.82, 2.24) is 4.57 Å². The largest absolute Gasteiger partial charge is 0.468 e. The Kier molecular flexibility index (Phi) is 5.77. The second-order valence-corrected chi connectivity index (χ2v) is 7.71. The summed E-state index contributed by atoms with van der Waals surface area (Å²) in [5, 5.41) is 0.620. The van der Waals surface area contributed by atoms with E-state index in [9.17, 15) is 9.59 Å². The Balaban J connectivity index is 2.04. The Morgan fingerprint density at radius 1 is 1.15 bits per heavy atom. The van der Waals surface area contributed by atoms with E-state index in [2.05, 4.69) is 4.99 Å². The first-order valence-corrected chi connectivity index (χ1v) is 9.56. The summed E-state index contributed by atoms with van der Waals surface area (Å²) in [5.74, 6) is -0.671. The number of fused-ring (bicyclic) bond motifs is 1. The second-order valence-electron chi connectivity index (χ2n) is 6.26. The molecule has 140 valence electrons. The number of methoxy groups -OCH3 is 1. The summed E-state index contributed by atoms with van der Waals surface area (Å²) in [5.41, 5.74) is 3.96. The van der Waals surface area contributed by atoms with E-state index in [-0.39, 0.29) is 24.8 Å². The highest BCUT2D eigenvalue weighted by atomic mass is 35.5. The molecule has 3 rings (SSSR count). The first-order valence-electron chi connectivity index (χ1n) is 8.37. The summed E-state index contributed by atoms with van der Waals surface area (Å²) in [6.45, 7) is 4.05. The van der Waals surface area contributed by atoms with Crippen LogP contribution in [0.3, 0.4) is 0 Å². The number of aromatic nitrogens is 1. The van der Waals surface area contributed by atoms with Gasteiger partial charge in [0.2, 0.25) is 0 Å². The van der Waals surface area contributed by atoms with Crippen molar-refractivity contribution in [2.75, 3.05) is 7.11 Å². The Labute approximate surface area is 165 Å². The first-order chi connectivity index (χ1) is 12.9. The van der Waals surface area contributed by atoms with Crippen LogP contribution >= 0.6 is 22.9 Å². The summed E-state index contributed by atoms with van der Waals surface area (Å²) in [6, 6.07) is 11.1. The molecule has 7 heteroatoms. The molecular weight excluding hydrogens is 384 g/mol. The maximum Gasteiger partial charge on any atom is 0.325 e. The van der Waals surface area contributed by atoms with Crippen LogP contribution < -0.4 is 4.80 Å². The van der Waals surface area contributed by atoms with Crippen LogP contribution in [0.25, 0.3) is 10.2 Å². The number of ether oxygens (including phenoxy) is 1. The molecular formula is C20H19ClN2O3S. The lowest BCUT2D eigenvalue weighted by Crippen LogP contribution is -2.22. The molecule has 1 amide bonds. The molecule has 0 N–H and O–H groups in total. The summed E-state index contributed by atoms with van der Waals surface area (Å²) >= 11 is 7.26. The standard InChI is InChI=1S/C20H19ClN2O3S/c1-12-8-16-17(9-13(12)2)27-20(23(16)11-19(25)26-3)22-18(24)10-14-4-6-15(21)7-5-14/h4-9H,10-11H2,1-3H3. The molecule has 0 atom stereocenters. The molecule has 0 aliphatic heterocycles. The molecule has 0 bridgehead atoms. The lowest BCUT2D eigenvalue weighted by atomic mass is 10.1. The van der Waals surface area contributed by atoms with Crippen molar-refractivity contribution in [3.05, 3.63) is 62.9 Å². The molecule has 0 radical (unpaired) electrons. The van der Waals surface area contributed by atoms with Gasteiger partial charge < -0.3 is 9.30 Å². The van der Waals surface area contributed by atoms with Crippen molar-refractivity contribution >= 4 is 45.0 Å². The van der Waals surface area contributed by atoms with Gasteiger partial charge in [0.25, 0.3) is 5.91 Å². The van der Waals surface area contributed by atoms with E-state index in [0.717, 1.165) is 26.9 Å². The fraction of sp³-hybridized carbons (Fsp3) is 0.250. The van der Waals surface area contributed by atoms with E-state index in [4.69, 9.17) is 16.3 Å². The summed E-state index contributed by atoms with van der Waals surface area (Å²) in [6.07, 6.45) is 0.168. The molecule has 0 aliphatic rings. The normalized spacial score (nSPS) is 11.8. The SMILES string of the molecule is COC(=O)Cn1c(=NC(=O)Cc2ccc(Cl)cc2)sc2cc(C)c(C)cc21. The van der Waals surface area contributed by atoms with Crippen LogP contribution in [0.4, 0.5) is 0 Å². The topological polar surface area (TPSA) is 60.7 Å². The number of rotatable bonds is 4.